The number of aromatic nitrogens is 3. The Balaban J connectivity index is 1.79. The molecule has 28 heavy (non-hydrogen) atoms. The van der Waals surface area contributed by atoms with Gasteiger partial charge in [0.25, 0.3) is 5.69 Å². The van der Waals surface area contributed by atoms with E-state index in [9.17, 15) is 10.1 Å². The second-order valence-corrected chi connectivity index (χ2v) is 6.28. The highest BCUT2D eigenvalue weighted by Gasteiger charge is 2.12. The first-order valence-electron chi connectivity index (χ1n) is 7.88. The number of hydrogen-bond acceptors (Lipinski definition) is 7. The summed E-state index contributed by atoms with van der Waals surface area (Å²) in [5.41, 5.74) is 1.43. The first-order chi connectivity index (χ1) is 13.5. The van der Waals surface area contributed by atoms with Crippen molar-refractivity contribution < 1.29 is 14.4 Å². The van der Waals surface area contributed by atoms with E-state index in [4.69, 9.17) is 33.3 Å². The molecule has 3 aromatic rings. The van der Waals surface area contributed by atoms with E-state index in [1.54, 1.807) is 19.4 Å². The smallest absolute Gasteiger partial charge is 0.271 e. The monoisotopic (exact) mass is 419 g/mol. The van der Waals surface area contributed by atoms with Gasteiger partial charge in [0.05, 0.1) is 23.3 Å². The van der Waals surface area contributed by atoms with Gasteiger partial charge in [0.1, 0.15) is 24.4 Å². The zero-order chi connectivity index (χ0) is 20.1. The van der Waals surface area contributed by atoms with E-state index in [1.807, 2.05) is 12.1 Å². The topological polar surface area (TPSA) is 108 Å². The average Bonchev–Trinajstić information content (AvgIpc) is 3.10. The summed E-state index contributed by atoms with van der Waals surface area (Å²) < 4.78 is 12.9. The Bertz CT molecular complexity index is 1100. The van der Waals surface area contributed by atoms with Crippen molar-refractivity contribution in [1.82, 2.24) is 14.9 Å². The molecule has 1 aromatic heterocycles. The van der Waals surface area contributed by atoms with Crippen molar-refractivity contribution in [1.29, 1.82) is 0 Å². The quantitative estimate of drug-likeness (QED) is 0.268. The van der Waals surface area contributed by atoms with Crippen LogP contribution >= 0.6 is 23.8 Å². The minimum atomic E-state index is -0.520. The van der Waals surface area contributed by atoms with Gasteiger partial charge in [-0.2, -0.15) is 14.9 Å². The summed E-state index contributed by atoms with van der Waals surface area (Å²) in [5, 5.41) is 21.6. The zero-order valence-electron chi connectivity index (χ0n) is 14.5. The maximum absolute atomic E-state index is 10.8. The Morgan fingerprint density at radius 1 is 1.36 bits per heavy atom. The summed E-state index contributed by atoms with van der Waals surface area (Å²) >= 11 is 11.1. The number of benzene rings is 2. The molecule has 0 unspecified atom stereocenters. The molecule has 0 aliphatic heterocycles. The van der Waals surface area contributed by atoms with E-state index < -0.39 is 4.92 Å². The van der Waals surface area contributed by atoms with E-state index in [0.29, 0.717) is 16.3 Å². The van der Waals surface area contributed by atoms with E-state index in [-0.39, 0.29) is 17.3 Å². The molecule has 2 aromatic carbocycles. The largest absolute Gasteiger partial charge is 0.496 e. The molecule has 9 nitrogen and oxygen atoms in total. The van der Waals surface area contributed by atoms with Gasteiger partial charge in [0.2, 0.25) is 4.77 Å². The molecule has 11 heteroatoms. The lowest BCUT2D eigenvalue weighted by Crippen LogP contribution is -2.01. The fourth-order valence-corrected chi connectivity index (χ4v) is 2.70. The van der Waals surface area contributed by atoms with Gasteiger partial charge in [-0.25, -0.2) is 0 Å². The number of H-pyrrole nitrogens is 1. The predicted molar refractivity (Wildman–Crippen MR) is 106 cm³/mol. The molecule has 0 atom stereocenters. The number of nitrogens with one attached hydrogen (secondary N) is 1. The average molecular weight is 420 g/mol. The number of ether oxygens (including phenoxy) is 2. The molecule has 0 spiro atoms. The van der Waals surface area contributed by atoms with Gasteiger partial charge in [-0.05, 0) is 42.0 Å². The molecule has 0 amide bonds. The fraction of sp³-hybridized carbons (Fsp3) is 0.118. The normalized spacial score (nSPS) is 10.9. The molecule has 3 rings (SSSR count). The van der Waals surface area contributed by atoms with Crippen molar-refractivity contribution in [3.63, 3.8) is 0 Å². The van der Waals surface area contributed by atoms with Crippen molar-refractivity contribution in [2.45, 2.75) is 6.61 Å². The highest BCUT2D eigenvalue weighted by atomic mass is 35.5. The second-order valence-electron chi connectivity index (χ2n) is 5.48. The molecule has 1 N–H and O–H groups in total. The zero-order valence-corrected chi connectivity index (χ0v) is 16.1. The summed E-state index contributed by atoms with van der Waals surface area (Å²) in [6, 6.07) is 9.48. The third-order valence-electron chi connectivity index (χ3n) is 3.68. The fourth-order valence-electron chi connectivity index (χ4n) is 2.32. The number of hydrogen-bond donors (Lipinski definition) is 1. The van der Waals surface area contributed by atoms with Crippen LogP contribution in [0.25, 0.3) is 0 Å². The number of nitrogens with zero attached hydrogens (tertiary/aromatic N) is 4. The number of aromatic amines is 1. The van der Waals surface area contributed by atoms with Gasteiger partial charge in [-0.15, -0.1) is 0 Å². The molecule has 0 aliphatic rings. The Morgan fingerprint density at radius 3 is 2.79 bits per heavy atom. The van der Waals surface area contributed by atoms with Gasteiger partial charge in [0, 0.05) is 17.7 Å². The van der Waals surface area contributed by atoms with Crippen LogP contribution in [0.4, 0.5) is 5.69 Å². The number of methoxy groups -OCH3 is 1. The summed E-state index contributed by atoms with van der Waals surface area (Å²) in [5.74, 6) is 0.952. The van der Waals surface area contributed by atoms with Gasteiger partial charge in [0.15, 0.2) is 0 Å². The summed E-state index contributed by atoms with van der Waals surface area (Å²) in [4.78, 5) is 10.3. The van der Waals surface area contributed by atoms with Gasteiger partial charge in [-0.3, -0.25) is 15.2 Å². The van der Waals surface area contributed by atoms with E-state index in [2.05, 4.69) is 15.3 Å². The number of nitro benzene ring substituents is 1. The lowest BCUT2D eigenvalue weighted by molar-refractivity contribution is -0.384. The molecule has 144 valence electrons. The molecule has 0 bridgehead atoms. The summed E-state index contributed by atoms with van der Waals surface area (Å²) in [6.45, 7) is 0.146. The SMILES string of the molecule is COc1ccc(/C=N/n2cn[nH]c2=S)cc1COc1ccc([N+](=O)[O-])cc1Cl. The predicted octanol–water partition coefficient (Wildman–Crippen LogP) is 3.97. The molecular weight excluding hydrogens is 406 g/mol. The van der Waals surface area contributed by atoms with Crippen LogP contribution in [0.2, 0.25) is 5.02 Å². The lowest BCUT2D eigenvalue weighted by Gasteiger charge is -2.12. The summed E-state index contributed by atoms with van der Waals surface area (Å²) in [7, 11) is 1.55. The molecular formula is C17H14ClN5O4S. The van der Waals surface area contributed by atoms with Crippen LogP contribution in [0.3, 0.4) is 0 Å². The van der Waals surface area contributed by atoms with E-state index in [1.165, 1.54) is 29.2 Å². The maximum atomic E-state index is 10.8. The van der Waals surface area contributed by atoms with Crippen LogP contribution < -0.4 is 9.47 Å². The Hall–Kier alpha value is -3.24. The van der Waals surface area contributed by atoms with E-state index in [0.717, 1.165) is 11.1 Å². The third kappa shape index (κ3) is 4.53. The van der Waals surface area contributed by atoms with Crippen LogP contribution in [-0.2, 0) is 6.61 Å². The van der Waals surface area contributed by atoms with Crippen molar-refractivity contribution in [2.75, 3.05) is 7.11 Å². The van der Waals surface area contributed by atoms with E-state index >= 15 is 0 Å². The van der Waals surface area contributed by atoms with Crippen LogP contribution in [0.15, 0.2) is 47.8 Å². The number of rotatable bonds is 7. The third-order valence-corrected chi connectivity index (χ3v) is 4.25. The van der Waals surface area contributed by atoms with Crippen molar-refractivity contribution >= 4 is 35.7 Å². The highest BCUT2D eigenvalue weighted by Crippen LogP contribution is 2.30. The van der Waals surface area contributed by atoms with Crippen LogP contribution in [0, 0.1) is 14.9 Å². The van der Waals surface area contributed by atoms with Crippen molar-refractivity contribution in [3.05, 3.63) is 73.8 Å². The molecule has 0 aliphatic carbocycles. The molecule has 0 saturated carbocycles. The van der Waals surface area contributed by atoms with Crippen LogP contribution in [-0.4, -0.2) is 33.1 Å². The maximum Gasteiger partial charge on any atom is 0.271 e. The number of non-ortho nitro benzene ring substituents is 1. The highest BCUT2D eigenvalue weighted by molar-refractivity contribution is 7.71. The Labute approximate surface area is 169 Å². The second kappa shape index (κ2) is 8.63. The lowest BCUT2D eigenvalue weighted by atomic mass is 10.1. The standard InChI is InChI=1S/C17H14ClN5O4S/c1-26-15-4-2-11(8-20-22-10-19-21-17(22)28)6-12(15)9-27-16-5-3-13(23(24)25)7-14(16)18/h2-8,10H,9H2,1H3,(H,21,28)/b20-8+. The van der Waals surface area contributed by atoms with Crippen molar-refractivity contribution in [2.24, 2.45) is 5.10 Å². The first-order valence-corrected chi connectivity index (χ1v) is 8.66. The Morgan fingerprint density at radius 2 is 2.14 bits per heavy atom. The Kier molecular flexibility index (Phi) is 6.02. The minimum absolute atomic E-state index is 0.106. The first kappa shape index (κ1) is 19.5. The number of nitro groups is 1. The summed E-state index contributed by atoms with van der Waals surface area (Å²) in [6.07, 6.45) is 3.08. The molecule has 0 fully saturated rings. The molecule has 0 radical (unpaired) electrons. The van der Waals surface area contributed by atoms with Crippen molar-refractivity contribution in [3.8, 4) is 11.5 Å². The molecule has 1 heterocycles. The van der Waals surface area contributed by atoms with Crippen LogP contribution in [0.1, 0.15) is 11.1 Å². The number of halogens is 1. The minimum Gasteiger partial charge on any atom is -0.496 e. The van der Waals surface area contributed by atoms with Crippen LogP contribution in [0.5, 0.6) is 11.5 Å². The van der Waals surface area contributed by atoms with Gasteiger partial charge < -0.3 is 9.47 Å². The molecule has 0 saturated heterocycles. The van der Waals surface area contributed by atoms with Gasteiger partial charge >= 0.3 is 0 Å². The van der Waals surface area contributed by atoms with Gasteiger partial charge in [-0.1, -0.05) is 11.6 Å².